The van der Waals surface area contributed by atoms with E-state index in [1.165, 1.54) is 0 Å². The predicted octanol–water partition coefficient (Wildman–Crippen LogP) is 3.85. The molecule has 0 aromatic heterocycles. The molecular formula is C17H18ClNO3. The largest absolute Gasteiger partial charge is 0.493 e. The Morgan fingerprint density at radius 1 is 1.09 bits per heavy atom. The SMILES string of the molecule is COc1ccc([C@H](C)NC(=O)c2cccc(Cl)c2)cc1OC. The molecule has 0 heterocycles. The monoisotopic (exact) mass is 319 g/mol. The highest BCUT2D eigenvalue weighted by atomic mass is 35.5. The van der Waals surface area contributed by atoms with E-state index in [-0.39, 0.29) is 11.9 Å². The molecule has 0 fully saturated rings. The van der Waals surface area contributed by atoms with Gasteiger partial charge in [-0.05, 0) is 42.8 Å². The van der Waals surface area contributed by atoms with Gasteiger partial charge in [-0.2, -0.15) is 0 Å². The summed E-state index contributed by atoms with van der Waals surface area (Å²) in [5.41, 5.74) is 1.45. The number of rotatable bonds is 5. The highest BCUT2D eigenvalue weighted by molar-refractivity contribution is 6.30. The van der Waals surface area contributed by atoms with Crippen molar-refractivity contribution in [2.24, 2.45) is 0 Å². The van der Waals surface area contributed by atoms with E-state index in [4.69, 9.17) is 21.1 Å². The Morgan fingerprint density at radius 3 is 2.45 bits per heavy atom. The van der Waals surface area contributed by atoms with Crippen LogP contribution < -0.4 is 14.8 Å². The minimum absolute atomic E-state index is 0.175. The summed E-state index contributed by atoms with van der Waals surface area (Å²) in [6.45, 7) is 1.91. The Balaban J connectivity index is 2.15. The lowest BCUT2D eigenvalue weighted by atomic mass is 10.1. The van der Waals surface area contributed by atoms with Gasteiger partial charge in [0.25, 0.3) is 5.91 Å². The van der Waals surface area contributed by atoms with Crippen LogP contribution in [0.25, 0.3) is 0 Å². The molecule has 22 heavy (non-hydrogen) atoms. The Morgan fingerprint density at radius 2 is 1.82 bits per heavy atom. The number of ether oxygens (including phenoxy) is 2. The van der Waals surface area contributed by atoms with Crippen LogP contribution in [0.4, 0.5) is 0 Å². The van der Waals surface area contributed by atoms with Crippen molar-refractivity contribution >= 4 is 17.5 Å². The normalized spacial score (nSPS) is 11.6. The van der Waals surface area contributed by atoms with Crippen molar-refractivity contribution in [1.29, 1.82) is 0 Å². The third kappa shape index (κ3) is 3.71. The predicted molar refractivity (Wildman–Crippen MR) is 86.9 cm³/mol. The van der Waals surface area contributed by atoms with Crippen molar-refractivity contribution < 1.29 is 14.3 Å². The van der Waals surface area contributed by atoms with Crippen molar-refractivity contribution in [2.75, 3.05) is 14.2 Å². The van der Waals surface area contributed by atoms with E-state index in [9.17, 15) is 4.79 Å². The van der Waals surface area contributed by atoms with Gasteiger partial charge >= 0.3 is 0 Å². The fourth-order valence-corrected chi connectivity index (χ4v) is 2.31. The number of amides is 1. The molecule has 4 nitrogen and oxygen atoms in total. The minimum atomic E-state index is -0.176. The van der Waals surface area contributed by atoms with Crippen LogP contribution in [-0.2, 0) is 0 Å². The summed E-state index contributed by atoms with van der Waals surface area (Å²) in [7, 11) is 3.17. The van der Waals surface area contributed by atoms with Gasteiger partial charge in [-0.1, -0.05) is 23.7 Å². The second kappa shape index (κ2) is 7.18. The lowest BCUT2D eigenvalue weighted by molar-refractivity contribution is 0.0940. The Kier molecular flexibility index (Phi) is 5.28. The lowest BCUT2D eigenvalue weighted by Gasteiger charge is -2.16. The average Bonchev–Trinajstić information content (AvgIpc) is 2.54. The number of hydrogen-bond donors (Lipinski definition) is 1. The first-order valence-electron chi connectivity index (χ1n) is 6.83. The third-order valence-electron chi connectivity index (χ3n) is 3.34. The first kappa shape index (κ1) is 16.2. The van der Waals surface area contributed by atoms with Crippen LogP contribution in [0.5, 0.6) is 11.5 Å². The van der Waals surface area contributed by atoms with E-state index in [2.05, 4.69) is 5.32 Å². The summed E-state index contributed by atoms with van der Waals surface area (Å²) in [6, 6.07) is 12.2. The van der Waals surface area contributed by atoms with Crippen LogP contribution in [0.3, 0.4) is 0 Å². The zero-order valence-corrected chi connectivity index (χ0v) is 13.5. The molecule has 0 saturated carbocycles. The maximum atomic E-state index is 12.2. The number of hydrogen-bond acceptors (Lipinski definition) is 3. The Hall–Kier alpha value is -2.20. The average molecular weight is 320 g/mol. The van der Waals surface area contributed by atoms with Crippen LogP contribution in [0.15, 0.2) is 42.5 Å². The number of carbonyl (C=O) groups excluding carboxylic acids is 1. The Bertz CT molecular complexity index is 673. The van der Waals surface area contributed by atoms with Crippen molar-refractivity contribution in [3.63, 3.8) is 0 Å². The minimum Gasteiger partial charge on any atom is -0.493 e. The fraction of sp³-hybridized carbons (Fsp3) is 0.235. The molecule has 0 spiro atoms. The smallest absolute Gasteiger partial charge is 0.251 e. The van der Waals surface area contributed by atoms with E-state index in [0.717, 1.165) is 5.56 Å². The van der Waals surface area contributed by atoms with E-state index in [0.29, 0.717) is 22.1 Å². The summed E-state index contributed by atoms with van der Waals surface area (Å²) in [4.78, 5) is 12.2. The van der Waals surface area contributed by atoms with Crippen molar-refractivity contribution in [3.8, 4) is 11.5 Å². The van der Waals surface area contributed by atoms with E-state index < -0.39 is 0 Å². The van der Waals surface area contributed by atoms with E-state index in [1.807, 2.05) is 25.1 Å². The number of carbonyl (C=O) groups is 1. The quantitative estimate of drug-likeness (QED) is 0.910. The van der Waals surface area contributed by atoms with Gasteiger partial charge in [0, 0.05) is 10.6 Å². The van der Waals surface area contributed by atoms with Gasteiger partial charge < -0.3 is 14.8 Å². The van der Waals surface area contributed by atoms with Crippen LogP contribution in [0.2, 0.25) is 5.02 Å². The molecule has 2 rings (SSSR count). The maximum Gasteiger partial charge on any atom is 0.251 e. The summed E-state index contributed by atoms with van der Waals surface area (Å²) in [5.74, 6) is 1.10. The van der Waals surface area contributed by atoms with Crippen LogP contribution in [-0.4, -0.2) is 20.1 Å². The van der Waals surface area contributed by atoms with Crippen LogP contribution in [0, 0.1) is 0 Å². The standard InChI is InChI=1S/C17H18ClNO3/c1-11(12-7-8-15(21-2)16(10-12)22-3)19-17(20)13-5-4-6-14(18)9-13/h4-11H,1-3H3,(H,19,20)/t11-/m0/s1. The van der Waals surface area contributed by atoms with Gasteiger partial charge in [-0.15, -0.1) is 0 Å². The second-order valence-electron chi connectivity index (χ2n) is 4.82. The zero-order valence-electron chi connectivity index (χ0n) is 12.7. The van der Waals surface area contributed by atoms with E-state index in [1.54, 1.807) is 38.5 Å². The third-order valence-corrected chi connectivity index (χ3v) is 3.58. The topological polar surface area (TPSA) is 47.6 Å². The molecule has 0 aliphatic heterocycles. The molecule has 0 aliphatic rings. The molecular weight excluding hydrogens is 302 g/mol. The molecule has 116 valence electrons. The van der Waals surface area contributed by atoms with Gasteiger partial charge in [0.15, 0.2) is 11.5 Å². The molecule has 2 aromatic rings. The van der Waals surface area contributed by atoms with E-state index >= 15 is 0 Å². The molecule has 0 bridgehead atoms. The zero-order chi connectivity index (χ0) is 16.1. The van der Waals surface area contributed by atoms with Gasteiger partial charge in [-0.25, -0.2) is 0 Å². The van der Waals surface area contributed by atoms with Crippen LogP contribution in [0.1, 0.15) is 28.9 Å². The fourth-order valence-electron chi connectivity index (χ4n) is 2.12. The molecule has 2 aromatic carbocycles. The number of halogens is 1. The second-order valence-corrected chi connectivity index (χ2v) is 5.26. The first-order chi connectivity index (χ1) is 10.5. The van der Waals surface area contributed by atoms with Gasteiger partial charge in [0.2, 0.25) is 0 Å². The highest BCUT2D eigenvalue weighted by Gasteiger charge is 2.14. The number of benzene rings is 2. The van der Waals surface area contributed by atoms with Gasteiger partial charge in [0.05, 0.1) is 20.3 Å². The van der Waals surface area contributed by atoms with Crippen molar-refractivity contribution in [1.82, 2.24) is 5.32 Å². The summed E-state index contributed by atoms with van der Waals surface area (Å²) >= 11 is 5.91. The molecule has 1 atom stereocenters. The number of methoxy groups -OCH3 is 2. The van der Waals surface area contributed by atoms with Gasteiger partial charge in [0.1, 0.15) is 0 Å². The molecule has 0 radical (unpaired) electrons. The summed E-state index contributed by atoms with van der Waals surface area (Å²) in [5, 5.41) is 3.47. The Labute approximate surface area is 135 Å². The molecule has 1 amide bonds. The molecule has 1 N–H and O–H groups in total. The number of nitrogens with one attached hydrogen (secondary N) is 1. The lowest BCUT2D eigenvalue weighted by Crippen LogP contribution is -2.26. The van der Waals surface area contributed by atoms with Crippen molar-refractivity contribution in [3.05, 3.63) is 58.6 Å². The molecule has 0 aliphatic carbocycles. The van der Waals surface area contributed by atoms with Crippen molar-refractivity contribution in [2.45, 2.75) is 13.0 Å². The summed E-state index contributed by atoms with van der Waals surface area (Å²) in [6.07, 6.45) is 0. The van der Waals surface area contributed by atoms with Gasteiger partial charge in [-0.3, -0.25) is 4.79 Å². The highest BCUT2D eigenvalue weighted by Crippen LogP contribution is 2.30. The van der Waals surface area contributed by atoms with Crippen LogP contribution >= 0.6 is 11.6 Å². The first-order valence-corrected chi connectivity index (χ1v) is 7.21. The molecule has 0 saturated heterocycles. The summed E-state index contributed by atoms with van der Waals surface area (Å²) < 4.78 is 10.5. The maximum absolute atomic E-state index is 12.2. The molecule has 5 heteroatoms. The molecule has 0 unspecified atom stereocenters.